The monoisotopic (exact) mass is 258 g/mol. The third-order valence-corrected chi connectivity index (χ3v) is 2.65. The smallest absolute Gasteiger partial charge is 0.410 e. The van der Waals surface area contributed by atoms with Crippen molar-refractivity contribution in [2.75, 3.05) is 26.2 Å². The quantitative estimate of drug-likeness (QED) is 0.784. The molecule has 1 aliphatic heterocycles. The van der Waals surface area contributed by atoms with Crippen molar-refractivity contribution in [3.63, 3.8) is 0 Å². The Morgan fingerprint density at radius 2 is 2.11 bits per heavy atom. The van der Waals surface area contributed by atoms with Crippen LogP contribution in [0, 0.1) is 5.92 Å². The van der Waals surface area contributed by atoms with Gasteiger partial charge in [0, 0.05) is 19.6 Å². The topological polar surface area (TPSA) is 78.9 Å². The third kappa shape index (κ3) is 5.35. The Kier molecular flexibility index (Phi) is 4.95. The molecule has 0 aromatic carbocycles. The van der Waals surface area contributed by atoms with Crippen LogP contribution in [0.5, 0.6) is 0 Å². The Hall–Kier alpha value is -1.30. The van der Waals surface area contributed by atoms with Crippen LogP contribution in [0.15, 0.2) is 0 Å². The Bertz CT molecular complexity index is 312. The molecule has 0 saturated carbocycles. The molecule has 1 amide bonds. The van der Waals surface area contributed by atoms with E-state index < -0.39 is 11.6 Å². The lowest BCUT2D eigenvalue weighted by Crippen LogP contribution is -2.36. The van der Waals surface area contributed by atoms with Gasteiger partial charge in [0.2, 0.25) is 0 Å². The average molecular weight is 258 g/mol. The fourth-order valence-electron chi connectivity index (χ4n) is 1.87. The molecule has 0 aliphatic carbocycles. The number of nitrogens with one attached hydrogen (secondary N) is 1. The van der Waals surface area contributed by atoms with Crippen LogP contribution in [0.3, 0.4) is 0 Å². The molecule has 0 bridgehead atoms. The molecule has 1 heterocycles. The van der Waals surface area contributed by atoms with Crippen LogP contribution in [-0.4, -0.2) is 53.8 Å². The number of carboxylic acid groups (broad SMARTS) is 1. The van der Waals surface area contributed by atoms with Gasteiger partial charge in [0.05, 0.1) is 6.54 Å². The number of ether oxygens (including phenoxy) is 1. The first-order valence-corrected chi connectivity index (χ1v) is 6.18. The zero-order valence-corrected chi connectivity index (χ0v) is 11.2. The molecule has 0 spiro atoms. The minimum Gasteiger partial charge on any atom is -0.480 e. The van der Waals surface area contributed by atoms with Crippen molar-refractivity contribution >= 4 is 12.1 Å². The second kappa shape index (κ2) is 6.04. The number of rotatable bonds is 4. The maximum absolute atomic E-state index is 11.8. The molecule has 6 nitrogen and oxygen atoms in total. The van der Waals surface area contributed by atoms with E-state index in [4.69, 9.17) is 9.84 Å². The number of nitrogens with zero attached hydrogens (tertiary/aromatic N) is 1. The summed E-state index contributed by atoms with van der Waals surface area (Å²) in [5.41, 5.74) is -0.475. The standard InChI is InChI=1S/C12H22N2O4/c1-12(2,3)18-11(17)14-5-4-9(8-14)6-13-7-10(15)16/h9,13H,4-8H2,1-3H3,(H,15,16)/t9-/m0/s1. The van der Waals surface area contributed by atoms with Crippen LogP contribution < -0.4 is 5.32 Å². The number of carbonyl (C=O) groups is 2. The molecule has 1 rings (SSSR count). The summed E-state index contributed by atoms with van der Waals surface area (Å²) in [6, 6.07) is 0. The highest BCUT2D eigenvalue weighted by Gasteiger charge is 2.29. The van der Waals surface area contributed by atoms with Gasteiger partial charge in [-0.25, -0.2) is 4.79 Å². The molecule has 0 aromatic heterocycles. The summed E-state index contributed by atoms with van der Waals surface area (Å²) in [5, 5.41) is 11.4. The number of aliphatic carboxylic acids is 1. The van der Waals surface area contributed by atoms with Crippen molar-refractivity contribution < 1.29 is 19.4 Å². The predicted octanol–water partition coefficient (Wildman–Crippen LogP) is 0.918. The Balaban J connectivity index is 2.28. The van der Waals surface area contributed by atoms with Gasteiger partial charge in [0.15, 0.2) is 0 Å². The minimum atomic E-state index is -0.864. The predicted molar refractivity (Wildman–Crippen MR) is 66.4 cm³/mol. The Morgan fingerprint density at radius 1 is 1.44 bits per heavy atom. The first-order valence-electron chi connectivity index (χ1n) is 6.18. The summed E-state index contributed by atoms with van der Waals surface area (Å²) in [6.45, 7) is 7.40. The first-order chi connectivity index (χ1) is 8.28. The van der Waals surface area contributed by atoms with E-state index in [1.165, 1.54) is 0 Å². The summed E-state index contributed by atoms with van der Waals surface area (Å²) >= 11 is 0. The maximum Gasteiger partial charge on any atom is 0.410 e. The summed E-state index contributed by atoms with van der Waals surface area (Å²) in [4.78, 5) is 23.8. The SMILES string of the molecule is CC(C)(C)OC(=O)N1CC[C@@H](CNCC(=O)O)C1. The summed E-state index contributed by atoms with van der Waals surface area (Å²) in [6.07, 6.45) is 0.592. The lowest BCUT2D eigenvalue weighted by Gasteiger charge is -2.24. The van der Waals surface area contributed by atoms with Gasteiger partial charge in [0.1, 0.15) is 5.60 Å². The molecule has 2 N–H and O–H groups in total. The van der Waals surface area contributed by atoms with E-state index in [1.54, 1.807) is 4.90 Å². The van der Waals surface area contributed by atoms with Crippen molar-refractivity contribution in [2.45, 2.75) is 32.8 Å². The van der Waals surface area contributed by atoms with Crippen LogP contribution in [0.25, 0.3) is 0 Å². The minimum absolute atomic E-state index is 0.0388. The number of hydrogen-bond donors (Lipinski definition) is 2. The van der Waals surface area contributed by atoms with E-state index in [9.17, 15) is 9.59 Å². The second-order valence-corrected chi connectivity index (χ2v) is 5.61. The van der Waals surface area contributed by atoms with Gasteiger partial charge in [-0.1, -0.05) is 0 Å². The van der Waals surface area contributed by atoms with Crippen LogP contribution in [0.2, 0.25) is 0 Å². The van der Waals surface area contributed by atoms with Gasteiger partial charge in [-0.2, -0.15) is 0 Å². The highest BCUT2D eigenvalue weighted by atomic mass is 16.6. The summed E-state index contributed by atoms with van der Waals surface area (Å²) in [5.74, 6) is -0.561. The molecule has 1 saturated heterocycles. The van der Waals surface area contributed by atoms with Crippen molar-refractivity contribution in [2.24, 2.45) is 5.92 Å². The highest BCUT2D eigenvalue weighted by Crippen LogP contribution is 2.18. The molecule has 1 atom stereocenters. The van der Waals surface area contributed by atoms with Gasteiger partial charge in [-0.15, -0.1) is 0 Å². The van der Waals surface area contributed by atoms with Gasteiger partial charge < -0.3 is 20.1 Å². The largest absolute Gasteiger partial charge is 0.480 e. The molecule has 1 aliphatic rings. The number of carboxylic acids is 1. The molecule has 1 fully saturated rings. The lowest BCUT2D eigenvalue weighted by atomic mass is 10.1. The number of amides is 1. The zero-order valence-electron chi connectivity index (χ0n) is 11.2. The van der Waals surface area contributed by atoms with Gasteiger partial charge in [0.25, 0.3) is 0 Å². The van der Waals surface area contributed by atoms with Gasteiger partial charge in [-0.3, -0.25) is 4.79 Å². The second-order valence-electron chi connectivity index (χ2n) is 5.61. The maximum atomic E-state index is 11.8. The Labute approximate surface area is 107 Å². The van der Waals surface area contributed by atoms with Crippen molar-refractivity contribution in [3.8, 4) is 0 Å². The van der Waals surface area contributed by atoms with Gasteiger partial charge >= 0.3 is 12.1 Å². The van der Waals surface area contributed by atoms with Crippen LogP contribution in [0.1, 0.15) is 27.2 Å². The molecule has 0 aromatic rings. The van der Waals surface area contributed by atoms with Crippen LogP contribution in [-0.2, 0) is 9.53 Å². The Morgan fingerprint density at radius 3 is 2.67 bits per heavy atom. The number of carbonyl (C=O) groups excluding carboxylic acids is 1. The summed E-state index contributed by atoms with van der Waals surface area (Å²) < 4.78 is 5.29. The normalized spacial score (nSPS) is 19.9. The fraction of sp³-hybridized carbons (Fsp3) is 0.833. The average Bonchev–Trinajstić information content (AvgIpc) is 2.63. The van der Waals surface area contributed by atoms with E-state index in [0.717, 1.165) is 6.42 Å². The van der Waals surface area contributed by atoms with E-state index >= 15 is 0 Å². The molecule has 104 valence electrons. The van der Waals surface area contributed by atoms with E-state index in [2.05, 4.69) is 5.32 Å². The lowest BCUT2D eigenvalue weighted by molar-refractivity contribution is -0.136. The first kappa shape index (κ1) is 14.8. The molecule has 18 heavy (non-hydrogen) atoms. The molecular formula is C12H22N2O4. The van der Waals surface area contributed by atoms with E-state index in [1.807, 2.05) is 20.8 Å². The van der Waals surface area contributed by atoms with Crippen molar-refractivity contribution in [3.05, 3.63) is 0 Å². The van der Waals surface area contributed by atoms with Crippen LogP contribution >= 0.6 is 0 Å². The van der Waals surface area contributed by atoms with E-state index in [-0.39, 0.29) is 12.6 Å². The van der Waals surface area contributed by atoms with Crippen LogP contribution in [0.4, 0.5) is 4.79 Å². The highest BCUT2D eigenvalue weighted by molar-refractivity contribution is 5.69. The fourth-order valence-corrected chi connectivity index (χ4v) is 1.87. The summed E-state index contributed by atoms with van der Waals surface area (Å²) in [7, 11) is 0. The molecule has 6 heteroatoms. The van der Waals surface area contributed by atoms with Crippen molar-refractivity contribution in [1.82, 2.24) is 10.2 Å². The van der Waals surface area contributed by atoms with E-state index in [0.29, 0.717) is 25.6 Å². The third-order valence-electron chi connectivity index (χ3n) is 2.65. The number of hydrogen-bond acceptors (Lipinski definition) is 4. The zero-order chi connectivity index (χ0) is 13.8. The number of likely N-dealkylation sites (tertiary alicyclic amines) is 1. The molecular weight excluding hydrogens is 236 g/mol. The van der Waals surface area contributed by atoms with Crippen molar-refractivity contribution in [1.29, 1.82) is 0 Å². The molecule has 0 unspecified atom stereocenters. The van der Waals surface area contributed by atoms with Gasteiger partial charge in [-0.05, 0) is 33.1 Å². The molecule has 0 radical (unpaired) electrons.